The molecule has 9 nitrogen and oxygen atoms in total. The molecule has 5 aromatic rings. The minimum Gasteiger partial charge on any atom is -0.463 e. The number of hydrogen-bond donors (Lipinski definition) is 2. The van der Waals surface area contributed by atoms with Gasteiger partial charge in [-0.25, -0.2) is 9.97 Å². The number of carbonyl (C=O) groups excluding carboxylic acids is 1. The third-order valence-electron chi connectivity index (χ3n) is 4.96. The van der Waals surface area contributed by atoms with Crippen LogP contribution in [0.5, 0.6) is 0 Å². The number of H-pyrrole nitrogens is 1. The van der Waals surface area contributed by atoms with Crippen molar-refractivity contribution in [1.29, 1.82) is 0 Å². The van der Waals surface area contributed by atoms with Crippen molar-refractivity contribution >= 4 is 22.6 Å². The van der Waals surface area contributed by atoms with E-state index in [-0.39, 0.29) is 5.91 Å². The van der Waals surface area contributed by atoms with Crippen molar-refractivity contribution in [3.63, 3.8) is 0 Å². The molecule has 1 aromatic carbocycles. The normalized spacial score (nSPS) is 11.2. The molecule has 5 rings (SSSR count). The lowest BCUT2D eigenvalue weighted by Gasteiger charge is -2.09. The van der Waals surface area contributed by atoms with Crippen LogP contribution in [0.2, 0.25) is 0 Å². The van der Waals surface area contributed by atoms with Crippen LogP contribution < -0.4 is 5.32 Å². The van der Waals surface area contributed by atoms with Crippen LogP contribution >= 0.6 is 0 Å². The average Bonchev–Trinajstić information content (AvgIpc) is 3.49. The van der Waals surface area contributed by atoms with Crippen molar-refractivity contribution in [1.82, 2.24) is 29.9 Å². The zero-order valence-electron chi connectivity index (χ0n) is 17.2. The Hall–Kier alpha value is -4.27. The fourth-order valence-corrected chi connectivity index (χ4v) is 3.58. The molecule has 0 radical (unpaired) electrons. The number of nitrogens with one attached hydrogen (secondary N) is 2. The average molecular weight is 413 g/mol. The van der Waals surface area contributed by atoms with Gasteiger partial charge in [0.1, 0.15) is 11.5 Å². The van der Waals surface area contributed by atoms with Gasteiger partial charge in [0, 0.05) is 18.3 Å². The number of pyridine rings is 1. The first-order valence-electron chi connectivity index (χ1n) is 9.68. The van der Waals surface area contributed by atoms with Gasteiger partial charge in [0.25, 0.3) is 5.91 Å². The maximum absolute atomic E-state index is 13.3. The van der Waals surface area contributed by atoms with Crippen LogP contribution in [0, 0.1) is 13.8 Å². The Morgan fingerprint density at radius 1 is 1.13 bits per heavy atom. The smallest absolute Gasteiger partial charge is 0.256 e. The second-order valence-corrected chi connectivity index (χ2v) is 7.22. The fraction of sp³-hybridized carbons (Fsp3) is 0.136. The maximum atomic E-state index is 13.3. The Morgan fingerprint density at radius 2 is 2.00 bits per heavy atom. The molecule has 0 saturated heterocycles. The van der Waals surface area contributed by atoms with E-state index in [1.165, 1.54) is 0 Å². The van der Waals surface area contributed by atoms with Crippen molar-refractivity contribution < 1.29 is 9.21 Å². The Morgan fingerprint density at radius 3 is 2.74 bits per heavy atom. The largest absolute Gasteiger partial charge is 0.463 e. The van der Waals surface area contributed by atoms with Crippen LogP contribution in [0.4, 0.5) is 5.69 Å². The van der Waals surface area contributed by atoms with Gasteiger partial charge in [0.15, 0.2) is 17.2 Å². The SMILES string of the molecule is Cc1nc(-c2cccc(NC(=O)c3cc(-c4ccco4)nc4c3c(C)nn4C)c2)n[nH]1. The lowest BCUT2D eigenvalue weighted by atomic mass is 10.1. The van der Waals surface area contributed by atoms with E-state index < -0.39 is 0 Å². The van der Waals surface area contributed by atoms with Gasteiger partial charge in [-0.2, -0.15) is 10.2 Å². The van der Waals surface area contributed by atoms with Gasteiger partial charge in [0.05, 0.1) is 22.9 Å². The van der Waals surface area contributed by atoms with E-state index in [4.69, 9.17) is 4.42 Å². The summed E-state index contributed by atoms with van der Waals surface area (Å²) < 4.78 is 7.16. The van der Waals surface area contributed by atoms with Crippen LogP contribution in [0.25, 0.3) is 33.9 Å². The maximum Gasteiger partial charge on any atom is 0.256 e. The summed E-state index contributed by atoms with van der Waals surface area (Å²) in [6.45, 7) is 3.70. The molecular formula is C22H19N7O2. The molecule has 0 aliphatic rings. The number of aromatic amines is 1. The summed E-state index contributed by atoms with van der Waals surface area (Å²) in [6.07, 6.45) is 1.58. The molecule has 0 bridgehead atoms. The molecule has 0 saturated carbocycles. The monoisotopic (exact) mass is 413 g/mol. The van der Waals surface area contributed by atoms with Gasteiger partial charge in [-0.3, -0.25) is 14.6 Å². The van der Waals surface area contributed by atoms with E-state index in [2.05, 4.69) is 30.6 Å². The second kappa shape index (κ2) is 7.21. The summed E-state index contributed by atoms with van der Waals surface area (Å²) in [7, 11) is 1.80. The third kappa shape index (κ3) is 3.35. The lowest BCUT2D eigenvalue weighted by Crippen LogP contribution is -2.13. The van der Waals surface area contributed by atoms with Gasteiger partial charge in [-0.15, -0.1) is 0 Å². The van der Waals surface area contributed by atoms with Crippen molar-refractivity contribution in [2.45, 2.75) is 13.8 Å². The van der Waals surface area contributed by atoms with Gasteiger partial charge in [-0.05, 0) is 44.2 Å². The van der Waals surface area contributed by atoms with Gasteiger partial charge >= 0.3 is 0 Å². The highest BCUT2D eigenvalue weighted by Gasteiger charge is 2.20. The number of aromatic nitrogens is 6. The molecule has 0 fully saturated rings. The van der Waals surface area contributed by atoms with Crippen molar-refractivity contribution in [3.05, 3.63) is 65.8 Å². The van der Waals surface area contributed by atoms with Crippen LogP contribution in [0.15, 0.2) is 53.1 Å². The number of amides is 1. The van der Waals surface area contributed by atoms with E-state index in [1.54, 1.807) is 36.2 Å². The first-order valence-corrected chi connectivity index (χ1v) is 9.68. The predicted molar refractivity (Wildman–Crippen MR) is 115 cm³/mol. The molecule has 1 amide bonds. The van der Waals surface area contributed by atoms with Crippen molar-refractivity contribution in [2.75, 3.05) is 5.32 Å². The van der Waals surface area contributed by atoms with Crippen LogP contribution in [-0.2, 0) is 7.05 Å². The Balaban J connectivity index is 1.56. The highest BCUT2D eigenvalue weighted by molar-refractivity contribution is 6.13. The van der Waals surface area contributed by atoms with E-state index in [9.17, 15) is 4.79 Å². The van der Waals surface area contributed by atoms with Gasteiger partial charge in [0.2, 0.25) is 0 Å². The lowest BCUT2D eigenvalue weighted by molar-refractivity contribution is 0.102. The fourth-order valence-electron chi connectivity index (χ4n) is 3.58. The third-order valence-corrected chi connectivity index (χ3v) is 4.96. The minimum absolute atomic E-state index is 0.264. The highest BCUT2D eigenvalue weighted by atomic mass is 16.3. The molecule has 4 heterocycles. The summed E-state index contributed by atoms with van der Waals surface area (Å²) in [5, 5.41) is 15.1. The number of rotatable bonds is 4. The summed E-state index contributed by atoms with van der Waals surface area (Å²) in [4.78, 5) is 22.3. The van der Waals surface area contributed by atoms with Gasteiger partial charge in [-0.1, -0.05) is 12.1 Å². The predicted octanol–water partition coefficient (Wildman–Crippen LogP) is 3.88. The standard InChI is InChI=1S/C22H19N7O2/c1-12-19-16(11-17(18-8-5-9-31-18)25-21(19)29(3)28-12)22(30)24-15-7-4-6-14(10-15)20-23-13(2)26-27-20/h4-11H,1-3H3,(H,24,30)(H,23,26,27). The first-order chi connectivity index (χ1) is 15.0. The number of furan rings is 1. The number of nitrogens with zero attached hydrogens (tertiary/aromatic N) is 5. The highest BCUT2D eigenvalue weighted by Crippen LogP contribution is 2.28. The summed E-state index contributed by atoms with van der Waals surface area (Å²) in [5.41, 5.74) is 3.82. The number of carbonyl (C=O) groups is 1. The molecule has 0 atom stereocenters. The first kappa shape index (κ1) is 18.7. The summed E-state index contributed by atoms with van der Waals surface area (Å²) in [6, 6.07) is 12.7. The zero-order chi connectivity index (χ0) is 21.5. The number of benzene rings is 1. The topological polar surface area (TPSA) is 115 Å². The molecule has 0 unspecified atom stereocenters. The molecule has 4 aromatic heterocycles. The molecular weight excluding hydrogens is 394 g/mol. The Kier molecular flexibility index (Phi) is 4.36. The van der Waals surface area contributed by atoms with Crippen LogP contribution in [0.3, 0.4) is 0 Å². The summed E-state index contributed by atoms with van der Waals surface area (Å²) >= 11 is 0. The molecule has 2 N–H and O–H groups in total. The second-order valence-electron chi connectivity index (χ2n) is 7.22. The summed E-state index contributed by atoms with van der Waals surface area (Å²) in [5.74, 6) is 1.61. The number of aryl methyl sites for hydroxylation is 3. The quantitative estimate of drug-likeness (QED) is 0.462. The molecule has 0 aliphatic carbocycles. The van der Waals surface area contributed by atoms with Gasteiger partial charge < -0.3 is 9.73 Å². The van der Waals surface area contributed by atoms with Crippen molar-refractivity contribution in [2.24, 2.45) is 7.05 Å². The van der Waals surface area contributed by atoms with E-state index in [0.717, 1.165) is 17.1 Å². The zero-order valence-corrected chi connectivity index (χ0v) is 17.2. The number of hydrogen-bond acceptors (Lipinski definition) is 6. The molecule has 0 spiro atoms. The number of anilines is 1. The minimum atomic E-state index is -0.264. The molecule has 154 valence electrons. The number of fused-ring (bicyclic) bond motifs is 1. The molecule has 31 heavy (non-hydrogen) atoms. The van der Waals surface area contributed by atoms with E-state index >= 15 is 0 Å². The van der Waals surface area contributed by atoms with E-state index in [0.29, 0.717) is 39.6 Å². The molecule has 9 heteroatoms. The van der Waals surface area contributed by atoms with Crippen LogP contribution in [-0.4, -0.2) is 35.9 Å². The van der Waals surface area contributed by atoms with Crippen molar-refractivity contribution in [3.8, 4) is 22.8 Å². The van der Waals surface area contributed by atoms with E-state index in [1.807, 2.05) is 38.1 Å². The Bertz CT molecular complexity index is 1410. The Labute approximate surface area is 177 Å². The molecule has 0 aliphatic heterocycles. The van der Waals surface area contributed by atoms with Crippen LogP contribution in [0.1, 0.15) is 21.9 Å².